The van der Waals surface area contributed by atoms with Gasteiger partial charge in [0.2, 0.25) is 0 Å². The van der Waals surface area contributed by atoms with E-state index in [0.29, 0.717) is 13.0 Å². The summed E-state index contributed by atoms with van der Waals surface area (Å²) in [5, 5.41) is 0. The van der Waals surface area contributed by atoms with Crippen molar-refractivity contribution >= 4 is 0 Å². The Morgan fingerprint density at radius 2 is 1.52 bits per heavy atom. The van der Waals surface area contributed by atoms with Crippen LogP contribution in [0.15, 0.2) is 48.5 Å². The number of rotatable bonds is 7. The molecule has 0 aliphatic heterocycles. The third kappa shape index (κ3) is 3.89. The summed E-state index contributed by atoms with van der Waals surface area (Å²) in [6, 6.07) is 15.1. The fourth-order valence-corrected chi connectivity index (χ4v) is 2.21. The average Bonchev–Trinajstić information content (AvgIpc) is 2.54. The van der Waals surface area contributed by atoms with Gasteiger partial charge in [-0.3, -0.25) is 0 Å². The zero-order valence-electron chi connectivity index (χ0n) is 12.4. The minimum Gasteiger partial charge on any atom is -0.496 e. The van der Waals surface area contributed by atoms with Crippen LogP contribution in [0.2, 0.25) is 0 Å². The molecule has 0 saturated heterocycles. The van der Waals surface area contributed by atoms with E-state index in [1.807, 2.05) is 48.5 Å². The molecule has 2 rings (SSSR count). The first-order valence-electron chi connectivity index (χ1n) is 6.90. The Balaban J connectivity index is 2.01. The van der Waals surface area contributed by atoms with Crippen LogP contribution in [-0.2, 0) is 0 Å². The summed E-state index contributed by atoms with van der Waals surface area (Å²) in [5.74, 6) is 2.32. The second-order valence-electron chi connectivity index (χ2n) is 4.63. The van der Waals surface area contributed by atoms with Gasteiger partial charge in [0, 0.05) is 12.5 Å². The van der Waals surface area contributed by atoms with E-state index in [4.69, 9.17) is 19.9 Å². The summed E-state index contributed by atoms with van der Waals surface area (Å²) >= 11 is 0. The summed E-state index contributed by atoms with van der Waals surface area (Å²) in [4.78, 5) is 0. The van der Waals surface area contributed by atoms with Gasteiger partial charge in [-0.2, -0.15) is 0 Å². The van der Waals surface area contributed by atoms with E-state index in [9.17, 15) is 0 Å². The lowest BCUT2D eigenvalue weighted by molar-refractivity contribution is 0.294. The zero-order chi connectivity index (χ0) is 15.1. The predicted octanol–water partition coefficient (Wildman–Crippen LogP) is 3.17. The predicted molar refractivity (Wildman–Crippen MR) is 83.0 cm³/mol. The first-order chi connectivity index (χ1) is 10.3. The summed E-state index contributed by atoms with van der Waals surface area (Å²) < 4.78 is 16.4. The zero-order valence-corrected chi connectivity index (χ0v) is 12.4. The first kappa shape index (κ1) is 15.2. The Morgan fingerprint density at radius 3 is 2.10 bits per heavy atom. The molecule has 4 nitrogen and oxygen atoms in total. The molecule has 0 aliphatic carbocycles. The quantitative estimate of drug-likeness (QED) is 0.850. The maximum Gasteiger partial charge on any atom is 0.127 e. The molecule has 0 heterocycles. The molecular formula is C17H21NO3. The van der Waals surface area contributed by atoms with Gasteiger partial charge in [0.25, 0.3) is 0 Å². The van der Waals surface area contributed by atoms with E-state index in [-0.39, 0.29) is 6.04 Å². The molecule has 2 aromatic carbocycles. The first-order valence-corrected chi connectivity index (χ1v) is 6.90. The second kappa shape index (κ2) is 7.55. The summed E-state index contributed by atoms with van der Waals surface area (Å²) in [7, 11) is 3.26. The minimum atomic E-state index is -0.209. The van der Waals surface area contributed by atoms with Gasteiger partial charge in [0.05, 0.1) is 26.4 Å². The maximum atomic E-state index is 6.27. The van der Waals surface area contributed by atoms with Crippen LogP contribution in [0, 0.1) is 0 Å². The van der Waals surface area contributed by atoms with Gasteiger partial charge < -0.3 is 19.9 Å². The van der Waals surface area contributed by atoms with Gasteiger partial charge in [-0.05, 0) is 24.3 Å². The van der Waals surface area contributed by atoms with Crippen molar-refractivity contribution in [2.24, 2.45) is 5.73 Å². The molecule has 4 heteroatoms. The molecule has 2 N–H and O–H groups in total. The molecule has 112 valence electrons. The molecular weight excluding hydrogens is 266 g/mol. The van der Waals surface area contributed by atoms with Gasteiger partial charge in [-0.15, -0.1) is 0 Å². The molecule has 1 unspecified atom stereocenters. The van der Waals surface area contributed by atoms with Crippen molar-refractivity contribution in [2.75, 3.05) is 20.8 Å². The highest BCUT2D eigenvalue weighted by Crippen LogP contribution is 2.34. The van der Waals surface area contributed by atoms with Crippen LogP contribution in [0.5, 0.6) is 17.2 Å². The topological polar surface area (TPSA) is 53.7 Å². The van der Waals surface area contributed by atoms with Crippen LogP contribution in [-0.4, -0.2) is 20.8 Å². The van der Waals surface area contributed by atoms with Crippen molar-refractivity contribution in [3.63, 3.8) is 0 Å². The number of para-hydroxylation sites is 1. The van der Waals surface area contributed by atoms with Gasteiger partial charge in [0.1, 0.15) is 17.2 Å². The van der Waals surface area contributed by atoms with Crippen LogP contribution in [0.25, 0.3) is 0 Å². The van der Waals surface area contributed by atoms with E-state index >= 15 is 0 Å². The standard InChI is InChI=1S/C17H21NO3/c1-19-15-9-6-10-16(20-2)17(15)14(18)11-12-21-13-7-4-3-5-8-13/h3-10,14H,11-12,18H2,1-2H3. The largest absolute Gasteiger partial charge is 0.496 e. The Labute approximate surface area is 125 Å². The van der Waals surface area contributed by atoms with Crippen molar-refractivity contribution in [3.8, 4) is 17.2 Å². The average molecular weight is 287 g/mol. The number of methoxy groups -OCH3 is 2. The van der Waals surface area contributed by atoms with E-state index in [0.717, 1.165) is 22.8 Å². The molecule has 1 atom stereocenters. The molecule has 0 saturated carbocycles. The van der Waals surface area contributed by atoms with Crippen LogP contribution < -0.4 is 19.9 Å². The Hall–Kier alpha value is -2.20. The summed E-state index contributed by atoms with van der Waals surface area (Å²) in [6.45, 7) is 0.534. The third-order valence-corrected chi connectivity index (χ3v) is 3.28. The number of benzene rings is 2. The highest BCUT2D eigenvalue weighted by molar-refractivity contribution is 5.46. The lowest BCUT2D eigenvalue weighted by Crippen LogP contribution is -2.16. The van der Waals surface area contributed by atoms with Crippen LogP contribution in [0.1, 0.15) is 18.0 Å². The van der Waals surface area contributed by atoms with Crippen molar-refractivity contribution < 1.29 is 14.2 Å². The molecule has 0 amide bonds. The van der Waals surface area contributed by atoms with Gasteiger partial charge >= 0.3 is 0 Å². The van der Waals surface area contributed by atoms with Crippen molar-refractivity contribution in [1.29, 1.82) is 0 Å². The van der Waals surface area contributed by atoms with Gasteiger partial charge in [0.15, 0.2) is 0 Å². The fourth-order valence-electron chi connectivity index (χ4n) is 2.21. The lowest BCUT2D eigenvalue weighted by Gasteiger charge is -2.19. The number of ether oxygens (including phenoxy) is 3. The van der Waals surface area contributed by atoms with E-state index in [1.165, 1.54) is 0 Å². The fraction of sp³-hybridized carbons (Fsp3) is 0.294. The van der Waals surface area contributed by atoms with Crippen molar-refractivity contribution in [1.82, 2.24) is 0 Å². The van der Waals surface area contributed by atoms with Crippen LogP contribution >= 0.6 is 0 Å². The van der Waals surface area contributed by atoms with E-state index < -0.39 is 0 Å². The van der Waals surface area contributed by atoms with E-state index in [2.05, 4.69) is 0 Å². The SMILES string of the molecule is COc1cccc(OC)c1C(N)CCOc1ccccc1. The lowest BCUT2D eigenvalue weighted by atomic mass is 10.0. The molecule has 0 bridgehead atoms. The second-order valence-corrected chi connectivity index (χ2v) is 4.63. The Bertz CT molecular complexity index is 535. The molecule has 0 aliphatic rings. The normalized spacial score (nSPS) is 11.8. The number of hydrogen-bond acceptors (Lipinski definition) is 4. The van der Waals surface area contributed by atoms with Crippen LogP contribution in [0.4, 0.5) is 0 Å². The molecule has 0 radical (unpaired) electrons. The monoisotopic (exact) mass is 287 g/mol. The smallest absolute Gasteiger partial charge is 0.127 e. The summed E-state index contributed by atoms with van der Waals surface area (Å²) in [5.41, 5.74) is 7.15. The molecule has 2 aromatic rings. The van der Waals surface area contributed by atoms with Gasteiger partial charge in [-0.25, -0.2) is 0 Å². The Morgan fingerprint density at radius 1 is 0.905 bits per heavy atom. The molecule has 21 heavy (non-hydrogen) atoms. The van der Waals surface area contributed by atoms with Crippen molar-refractivity contribution in [2.45, 2.75) is 12.5 Å². The third-order valence-electron chi connectivity index (χ3n) is 3.28. The van der Waals surface area contributed by atoms with Gasteiger partial charge in [-0.1, -0.05) is 24.3 Å². The highest BCUT2D eigenvalue weighted by Gasteiger charge is 2.17. The Kier molecular flexibility index (Phi) is 5.46. The molecule has 0 spiro atoms. The molecule has 0 fully saturated rings. The number of hydrogen-bond donors (Lipinski definition) is 1. The van der Waals surface area contributed by atoms with Crippen molar-refractivity contribution in [3.05, 3.63) is 54.1 Å². The summed E-state index contributed by atoms with van der Waals surface area (Å²) in [6.07, 6.45) is 0.672. The highest BCUT2D eigenvalue weighted by atomic mass is 16.5. The van der Waals surface area contributed by atoms with E-state index in [1.54, 1.807) is 14.2 Å². The maximum absolute atomic E-state index is 6.27. The minimum absolute atomic E-state index is 0.209. The number of nitrogens with two attached hydrogens (primary N) is 1. The van der Waals surface area contributed by atoms with Crippen LogP contribution in [0.3, 0.4) is 0 Å². The molecule has 0 aromatic heterocycles.